The first-order chi connectivity index (χ1) is 21.3. The van der Waals surface area contributed by atoms with Crippen molar-refractivity contribution < 1.29 is 4.86 Å². The van der Waals surface area contributed by atoms with Crippen LogP contribution in [0.2, 0.25) is 0 Å². The first-order valence-electron chi connectivity index (χ1n) is 15.1. The molecule has 0 saturated heterocycles. The average Bonchev–Trinajstić information content (AvgIpc) is 3.07. The predicted molar refractivity (Wildman–Crippen MR) is 168 cm³/mol. The zero-order valence-electron chi connectivity index (χ0n) is 23.3. The maximum atomic E-state index is 13.7. The van der Waals surface area contributed by atoms with Crippen molar-refractivity contribution in [3.63, 3.8) is 0 Å². The van der Waals surface area contributed by atoms with Gasteiger partial charge in [0.2, 0.25) is 5.69 Å². The number of azo groups is 1. The van der Waals surface area contributed by atoms with Crippen LogP contribution in [0.15, 0.2) is 139 Å². The van der Waals surface area contributed by atoms with Gasteiger partial charge in [0.15, 0.2) is 0 Å². The van der Waals surface area contributed by atoms with Crippen LogP contribution in [0.3, 0.4) is 0 Å². The van der Waals surface area contributed by atoms with Crippen molar-refractivity contribution in [2.75, 3.05) is 0 Å². The third kappa shape index (κ3) is 3.04. The van der Waals surface area contributed by atoms with Crippen molar-refractivity contribution in [3.05, 3.63) is 205 Å². The Bertz CT molecular complexity index is 2100. The fourth-order valence-corrected chi connectivity index (χ4v) is 8.65. The molecule has 0 atom stereocenters. The van der Waals surface area contributed by atoms with Crippen molar-refractivity contribution in [2.45, 2.75) is 23.7 Å². The molecule has 0 radical (unpaired) electrons. The van der Waals surface area contributed by atoms with Crippen LogP contribution in [0, 0.1) is 5.21 Å². The Morgan fingerprint density at radius 1 is 0.372 bits per heavy atom. The van der Waals surface area contributed by atoms with E-state index in [2.05, 4.69) is 126 Å². The molecule has 6 aromatic rings. The third-order valence-corrected chi connectivity index (χ3v) is 10.3. The molecular formula is C40H26N2O. The molecule has 3 heteroatoms. The Morgan fingerprint density at radius 2 is 0.698 bits per heavy atom. The lowest BCUT2D eigenvalue weighted by molar-refractivity contribution is -0.435. The monoisotopic (exact) mass is 550 g/mol. The van der Waals surface area contributed by atoms with Crippen molar-refractivity contribution in [3.8, 4) is 0 Å². The molecule has 202 valence electrons. The second kappa shape index (κ2) is 8.39. The molecule has 12 rings (SSSR count). The molecule has 4 bridgehead atoms. The summed E-state index contributed by atoms with van der Waals surface area (Å²) in [6.45, 7) is 0. The molecule has 0 saturated carbocycles. The van der Waals surface area contributed by atoms with Gasteiger partial charge in [-0.3, -0.25) is 0 Å². The van der Waals surface area contributed by atoms with Gasteiger partial charge in [0, 0.05) is 40.9 Å². The third-order valence-electron chi connectivity index (χ3n) is 10.3. The van der Waals surface area contributed by atoms with E-state index >= 15 is 0 Å². The van der Waals surface area contributed by atoms with E-state index in [1.54, 1.807) is 0 Å². The van der Waals surface area contributed by atoms with Crippen molar-refractivity contribution in [2.24, 2.45) is 5.11 Å². The highest BCUT2D eigenvalue weighted by Crippen LogP contribution is 2.57. The molecule has 0 unspecified atom stereocenters. The Hall–Kier alpha value is -5.28. The Morgan fingerprint density at radius 3 is 1.12 bits per heavy atom. The van der Waals surface area contributed by atoms with Gasteiger partial charge in [-0.1, -0.05) is 114 Å². The number of rotatable bonds is 2. The molecule has 0 aromatic heterocycles. The summed E-state index contributed by atoms with van der Waals surface area (Å²) in [6.07, 6.45) is 0. The predicted octanol–water partition coefficient (Wildman–Crippen LogP) is 9.59. The largest absolute Gasteiger partial charge is 0.594 e. The van der Waals surface area contributed by atoms with Crippen LogP contribution in [0.25, 0.3) is 0 Å². The van der Waals surface area contributed by atoms with E-state index < -0.39 is 0 Å². The van der Waals surface area contributed by atoms with Crippen LogP contribution in [0.5, 0.6) is 0 Å². The summed E-state index contributed by atoms with van der Waals surface area (Å²) in [4.78, 5) is 0.811. The zero-order chi connectivity index (χ0) is 28.2. The maximum absolute atomic E-state index is 13.7. The molecule has 6 aliphatic carbocycles. The van der Waals surface area contributed by atoms with E-state index in [4.69, 9.17) is 0 Å². The van der Waals surface area contributed by atoms with Crippen LogP contribution in [-0.2, 0) is 0 Å². The van der Waals surface area contributed by atoms with Gasteiger partial charge in [-0.2, -0.15) is 0 Å². The van der Waals surface area contributed by atoms with Gasteiger partial charge in [-0.15, -0.1) is 0 Å². The fraction of sp³-hybridized carbons (Fsp3) is 0.100. The minimum absolute atomic E-state index is 0.125. The molecule has 0 aliphatic heterocycles. The zero-order valence-corrected chi connectivity index (χ0v) is 23.3. The second-order valence-corrected chi connectivity index (χ2v) is 12.2. The quantitative estimate of drug-likeness (QED) is 0.120. The van der Waals surface area contributed by atoms with Crippen LogP contribution >= 0.6 is 0 Å². The van der Waals surface area contributed by atoms with E-state index in [0.717, 1.165) is 4.86 Å². The first kappa shape index (κ1) is 23.3. The molecule has 6 aliphatic rings. The van der Waals surface area contributed by atoms with Crippen molar-refractivity contribution in [1.82, 2.24) is 0 Å². The molecule has 43 heavy (non-hydrogen) atoms. The number of benzene rings is 6. The fourth-order valence-electron chi connectivity index (χ4n) is 8.65. The van der Waals surface area contributed by atoms with Gasteiger partial charge in [-0.25, -0.2) is 0 Å². The van der Waals surface area contributed by atoms with Crippen molar-refractivity contribution in [1.29, 1.82) is 0 Å². The lowest BCUT2D eigenvalue weighted by Gasteiger charge is -2.42. The van der Waals surface area contributed by atoms with E-state index in [1.807, 2.05) is 12.1 Å². The van der Waals surface area contributed by atoms with Crippen LogP contribution in [0.1, 0.15) is 90.4 Å². The van der Waals surface area contributed by atoms with Gasteiger partial charge in [0.1, 0.15) is 5.69 Å². The molecule has 0 heterocycles. The summed E-state index contributed by atoms with van der Waals surface area (Å²) >= 11 is 0. The maximum Gasteiger partial charge on any atom is 0.245 e. The topological polar surface area (TPSA) is 38.4 Å². The Labute approximate surface area is 250 Å². The van der Waals surface area contributed by atoms with Crippen LogP contribution in [-0.4, -0.2) is 4.86 Å². The average molecular weight is 551 g/mol. The summed E-state index contributed by atoms with van der Waals surface area (Å²) in [5.41, 5.74) is 17.3. The van der Waals surface area contributed by atoms with Gasteiger partial charge < -0.3 is 5.21 Å². The van der Waals surface area contributed by atoms with E-state index in [-0.39, 0.29) is 23.7 Å². The molecule has 0 fully saturated rings. The normalized spacial score (nSPS) is 21.3. The molecule has 3 nitrogen and oxygen atoms in total. The van der Waals surface area contributed by atoms with Gasteiger partial charge in [-0.05, 0) is 78.9 Å². The minimum atomic E-state index is 0.125. The highest BCUT2D eigenvalue weighted by molar-refractivity contribution is 5.70. The standard InChI is InChI=1S/C40H26N2O/c43-42(24-18-20-34-36(22-24)40-31-15-7-3-11-27(31)38(34)28-12-4-8-16-32(28)40)41-23-17-19-33-35(21-23)39-29-13-5-1-9-25(29)37(33)26-10-2-6-14-30(26)39/h1-22,37-40H. The smallest absolute Gasteiger partial charge is 0.245 e. The van der Waals surface area contributed by atoms with E-state index in [1.165, 1.54) is 66.8 Å². The Kier molecular flexibility index (Phi) is 4.55. The van der Waals surface area contributed by atoms with Crippen LogP contribution in [0.4, 0.5) is 11.4 Å². The second-order valence-electron chi connectivity index (χ2n) is 12.2. The van der Waals surface area contributed by atoms with Gasteiger partial charge >= 0.3 is 0 Å². The first-order valence-corrected chi connectivity index (χ1v) is 15.1. The summed E-state index contributed by atoms with van der Waals surface area (Å²) in [6, 6.07) is 47.6. The molecular weight excluding hydrogens is 524 g/mol. The minimum Gasteiger partial charge on any atom is -0.594 e. The molecule has 0 N–H and O–H groups in total. The lowest BCUT2D eigenvalue weighted by atomic mass is 9.61. The number of hydrogen-bond acceptors (Lipinski definition) is 2. The van der Waals surface area contributed by atoms with E-state index in [0.29, 0.717) is 11.4 Å². The molecule has 0 amide bonds. The lowest BCUT2D eigenvalue weighted by Crippen LogP contribution is -2.27. The summed E-state index contributed by atoms with van der Waals surface area (Å²) in [5, 5.41) is 18.3. The molecule has 6 aromatic carbocycles. The molecule has 0 spiro atoms. The van der Waals surface area contributed by atoms with Crippen LogP contribution < -0.4 is 0 Å². The summed E-state index contributed by atoms with van der Waals surface area (Å²) in [5.74, 6) is 0.689. The summed E-state index contributed by atoms with van der Waals surface area (Å²) in [7, 11) is 0. The number of hydrogen-bond donors (Lipinski definition) is 0. The van der Waals surface area contributed by atoms with Crippen molar-refractivity contribution >= 4 is 11.4 Å². The van der Waals surface area contributed by atoms with E-state index in [9.17, 15) is 5.21 Å². The SMILES string of the molecule is [O-][N+](=Nc1ccc2c(c1)C1c3ccccc3C2c2ccccc21)c1ccc2c(c1)C1c3ccccc3C2c2ccccc21. The Balaban J connectivity index is 1.07. The highest BCUT2D eigenvalue weighted by atomic mass is 16.5. The van der Waals surface area contributed by atoms with Gasteiger partial charge in [0.25, 0.3) is 0 Å². The highest BCUT2D eigenvalue weighted by Gasteiger charge is 2.42. The number of nitrogens with zero attached hydrogens (tertiary/aromatic N) is 2. The summed E-state index contributed by atoms with van der Waals surface area (Å²) < 4.78 is 0. The van der Waals surface area contributed by atoms with Gasteiger partial charge in [0.05, 0.1) is 0 Å².